The van der Waals surface area contributed by atoms with Gasteiger partial charge in [0.15, 0.2) is 12.2 Å². The van der Waals surface area contributed by atoms with Crippen LogP contribution in [0, 0.1) is 11.3 Å². The quantitative estimate of drug-likeness (QED) is 0.434. The second-order valence-corrected chi connectivity index (χ2v) is 6.83. The van der Waals surface area contributed by atoms with Gasteiger partial charge in [-0.15, -0.1) is 0 Å². The Kier molecular flexibility index (Phi) is 8.54. The first kappa shape index (κ1) is 24.6. The van der Waals surface area contributed by atoms with Crippen LogP contribution in [0.15, 0.2) is 24.3 Å². The third kappa shape index (κ3) is 6.95. The maximum atomic E-state index is 11.8. The summed E-state index contributed by atoms with van der Waals surface area (Å²) in [4.78, 5) is 46.6. The Morgan fingerprint density at radius 2 is 1.50 bits per heavy atom. The fourth-order valence-corrected chi connectivity index (χ4v) is 3.06. The molecule has 0 spiro atoms. The minimum atomic E-state index is -1.36. The topological polar surface area (TPSA) is 147 Å². The number of benzene rings is 1. The number of rotatable bonds is 7. The summed E-state index contributed by atoms with van der Waals surface area (Å²) in [5.41, 5.74) is 0.299. The SMILES string of the molecule is CC(=O)OC[C@H]1O[C@H](Oc2cccc(C#N)c2)[C@@H](OC(C)=O)[C@@H](OC(C)=O)[C@@H]1OC(C)=O. The third-order valence-electron chi connectivity index (χ3n) is 4.16. The van der Waals surface area contributed by atoms with Gasteiger partial charge in [0.2, 0.25) is 12.4 Å². The second-order valence-electron chi connectivity index (χ2n) is 6.83. The van der Waals surface area contributed by atoms with Crippen LogP contribution in [0.5, 0.6) is 5.75 Å². The molecule has 0 radical (unpaired) electrons. The van der Waals surface area contributed by atoms with E-state index in [0.717, 1.165) is 20.8 Å². The van der Waals surface area contributed by atoms with Crippen molar-refractivity contribution in [3.8, 4) is 11.8 Å². The number of hydrogen-bond donors (Lipinski definition) is 0. The van der Waals surface area contributed by atoms with E-state index in [9.17, 15) is 19.2 Å². The van der Waals surface area contributed by atoms with Gasteiger partial charge < -0.3 is 28.4 Å². The molecule has 0 unspecified atom stereocenters. The molecule has 0 N–H and O–H groups in total. The van der Waals surface area contributed by atoms with Gasteiger partial charge in [-0.05, 0) is 18.2 Å². The number of nitriles is 1. The smallest absolute Gasteiger partial charge is 0.303 e. The van der Waals surface area contributed by atoms with E-state index in [1.165, 1.54) is 19.1 Å². The van der Waals surface area contributed by atoms with E-state index >= 15 is 0 Å². The van der Waals surface area contributed by atoms with Crippen molar-refractivity contribution in [3.05, 3.63) is 29.8 Å². The fraction of sp³-hybridized carbons (Fsp3) is 0.476. The summed E-state index contributed by atoms with van der Waals surface area (Å²) in [6.07, 6.45) is -6.43. The van der Waals surface area contributed by atoms with Gasteiger partial charge in [-0.1, -0.05) is 6.07 Å². The number of carbonyl (C=O) groups is 4. The van der Waals surface area contributed by atoms with Crippen LogP contribution < -0.4 is 4.74 Å². The number of ether oxygens (including phenoxy) is 6. The minimum absolute atomic E-state index is 0.199. The number of esters is 4. The molecule has 2 rings (SSSR count). The molecule has 1 aliphatic rings. The van der Waals surface area contributed by atoms with E-state index in [1.54, 1.807) is 12.1 Å². The van der Waals surface area contributed by atoms with Crippen LogP contribution in [0.4, 0.5) is 0 Å². The molecule has 1 saturated heterocycles. The molecule has 32 heavy (non-hydrogen) atoms. The Hall–Kier alpha value is -3.65. The van der Waals surface area contributed by atoms with Crippen molar-refractivity contribution in [3.63, 3.8) is 0 Å². The van der Waals surface area contributed by atoms with Crippen LogP contribution in [0.2, 0.25) is 0 Å². The fourth-order valence-electron chi connectivity index (χ4n) is 3.06. The molecule has 172 valence electrons. The summed E-state index contributed by atoms with van der Waals surface area (Å²) in [5, 5.41) is 9.10. The Labute approximate surface area is 184 Å². The first-order chi connectivity index (χ1) is 15.1. The average molecular weight is 449 g/mol. The molecule has 0 aliphatic carbocycles. The summed E-state index contributed by atoms with van der Waals surface area (Å²) in [5.74, 6) is -2.64. The van der Waals surface area contributed by atoms with Gasteiger partial charge in [-0.3, -0.25) is 19.2 Å². The summed E-state index contributed by atoms with van der Waals surface area (Å²) in [6, 6.07) is 8.05. The molecule has 1 aliphatic heterocycles. The molecular weight excluding hydrogens is 426 g/mol. The van der Waals surface area contributed by atoms with Gasteiger partial charge in [-0.25, -0.2) is 0 Å². The summed E-state index contributed by atoms with van der Waals surface area (Å²) < 4.78 is 32.5. The monoisotopic (exact) mass is 449 g/mol. The number of nitrogens with zero attached hydrogens (tertiary/aromatic N) is 1. The van der Waals surface area contributed by atoms with Crippen LogP contribution in [0.3, 0.4) is 0 Å². The van der Waals surface area contributed by atoms with Gasteiger partial charge in [0, 0.05) is 27.7 Å². The average Bonchev–Trinajstić information content (AvgIpc) is 2.70. The van der Waals surface area contributed by atoms with Crippen molar-refractivity contribution < 1.29 is 47.6 Å². The van der Waals surface area contributed by atoms with Crippen molar-refractivity contribution >= 4 is 23.9 Å². The maximum Gasteiger partial charge on any atom is 0.303 e. The maximum absolute atomic E-state index is 11.8. The predicted octanol–water partition coefficient (Wildman–Crippen LogP) is 1.02. The molecule has 1 fully saturated rings. The molecule has 0 saturated carbocycles. The van der Waals surface area contributed by atoms with E-state index in [-0.39, 0.29) is 12.4 Å². The largest absolute Gasteiger partial charge is 0.463 e. The van der Waals surface area contributed by atoms with Crippen LogP contribution in [-0.4, -0.2) is 61.2 Å². The molecule has 0 aromatic heterocycles. The molecule has 1 aromatic rings. The molecule has 0 bridgehead atoms. The van der Waals surface area contributed by atoms with Crippen LogP contribution in [-0.2, 0) is 42.9 Å². The van der Waals surface area contributed by atoms with Crippen molar-refractivity contribution in [2.75, 3.05) is 6.61 Å². The lowest BCUT2D eigenvalue weighted by Gasteiger charge is -2.43. The van der Waals surface area contributed by atoms with E-state index < -0.39 is 54.6 Å². The second kappa shape index (κ2) is 11.1. The zero-order chi connectivity index (χ0) is 23.8. The van der Waals surface area contributed by atoms with Crippen molar-refractivity contribution in [1.82, 2.24) is 0 Å². The highest BCUT2D eigenvalue weighted by atomic mass is 16.7. The van der Waals surface area contributed by atoms with Crippen LogP contribution >= 0.6 is 0 Å². The van der Waals surface area contributed by atoms with Gasteiger partial charge in [0.05, 0.1) is 11.6 Å². The standard InChI is InChI=1S/C21H23NO10/c1-11(23)27-10-17-18(28-12(2)24)19(29-13(3)25)20(30-14(4)26)21(32-17)31-16-7-5-6-15(8-16)9-22/h5-8,17-21H,10H2,1-4H3/t17-,18-,19+,20+,21+/m1/s1. The molecule has 11 nitrogen and oxygen atoms in total. The van der Waals surface area contributed by atoms with Gasteiger partial charge >= 0.3 is 23.9 Å². The molecule has 1 aromatic carbocycles. The number of carbonyl (C=O) groups excluding carboxylic acids is 4. The Bertz CT molecular complexity index is 908. The van der Waals surface area contributed by atoms with E-state index in [0.29, 0.717) is 5.56 Å². The van der Waals surface area contributed by atoms with Crippen LogP contribution in [0.25, 0.3) is 0 Å². The van der Waals surface area contributed by atoms with Gasteiger partial charge in [-0.2, -0.15) is 5.26 Å². The highest BCUT2D eigenvalue weighted by Crippen LogP contribution is 2.31. The lowest BCUT2D eigenvalue weighted by atomic mass is 9.98. The van der Waals surface area contributed by atoms with Gasteiger partial charge in [0.25, 0.3) is 0 Å². The molecule has 1 heterocycles. The lowest BCUT2D eigenvalue weighted by molar-refractivity contribution is -0.288. The Morgan fingerprint density at radius 1 is 0.906 bits per heavy atom. The zero-order valence-corrected chi connectivity index (χ0v) is 17.9. The van der Waals surface area contributed by atoms with Crippen LogP contribution in [0.1, 0.15) is 33.3 Å². The molecular formula is C21H23NO10. The summed E-state index contributed by atoms with van der Waals surface area (Å²) in [6.45, 7) is 4.19. The third-order valence-corrected chi connectivity index (χ3v) is 4.16. The lowest BCUT2D eigenvalue weighted by Crippen LogP contribution is -2.63. The van der Waals surface area contributed by atoms with Crippen molar-refractivity contribution in [2.24, 2.45) is 0 Å². The van der Waals surface area contributed by atoms with E-state index in [4.69, 9.17) is 33.7 Å². The summed E-state index contributed by atoms with van der Waals surface area (Å²) >= 11 is 0. The molecule has 11 heteroatoms. The minimum Gasteiger partial charge on any atom is -0.463 e. The first-order valence-electron chi connectivity index (χ1n) is 9.58. The summed E-state index contributed by atoms with van der Waals surface area (Å²) in [7, 11) is 0. The highest BCUT2D eigenvalue weighted by molar-refractivity contribution is 5.68. The highest BCUT2D eigenvalue weighted by Gasteiger charge is 2.53. The van der Waals surface area contributed by atoms with Crippen molar-refractivity contribution in [1.29, 1.82) is 5.26 Å². The zero-order valence-electron chi connectivity index (χ0n) is 17.9. The predicted molar refractivity (Wildman–Crippen MR) is 104 cm³/mol. The first-order valence-corrected chi connectivity index (χ1v) is 9.58. The van der Waals surface area contributed by atoms with E-state index in [2.05, 4.69) is 0 Å². The van der Waals surface area contributed by atoms with E-state index in [1.807, 2.05) is 6.07 Å². The normalized spacial score (nSPS) is 24.4. The number of hydrogen-bond acceptors (Lipinski definition) is 11. The molecule has 0 amide bonds. The van der Waals surface area contributed by atoms with Crippen molar-refractivity contribution in [2.45, 2.75) is 58.4 Å². The Morgan fingerprint density at radius 3 is 2.06 bits per heavy atom. The molecule has 5 atom stereocenters. The Balaban J connectivity index is 2.46. The van der Waals surface area contributed by atoms with Gasteiger partial charge in [0.1, 0.15) is 18.5 Å².